The van der Waals surface area contributed by atoms with Crippen LogP contribution in [0, 0.1) is 0 Å². The molecule has 0 aliphatic carbocycles. The number of ether oxygens (including phenoxy) is 1. The summed E-state index contributed by atoms with van der Waals surface area (Å²) in [5, 5.41) is 2.73. The lowest BCUT2D eigenvalue weighted by Gasteiger charge is -2.07. The molecule has 5 heteroatoms. The number of alkyl halides is 1. The quantitative estimate of drug-likeness (QED) is 0.774. The molecule has 0 bridgehead atoms. The van der Waals surface area contributed by atoms with Gasteiger partial charge in [0.2, 0.25) is 11.8 Å². The number of carbonyl (C=O) groups is 1. The van der Waals surface area contributed by atoms with Gasteiger partial charge in [-0.2, -0.15) is 0 Å². The summed E-state index contributed by atoms with van der Waals surface area (Å²) in [6.07, 6.45) is 1.97. The van der Waals surface area contributed by atoms with E-state index in [9.17, 15) is 4.79 Å². The van der Waals surface area contributed by atoms with E-state index in [0.29, 0.717) is 24.7 Å². The lowest BCUT2D eigenvalue weighted by Crippen LogP contribution is -2.23. The molecule has 1 N–H and O–H groups in total. The molecule has 0 saturated heterocycles. The van der Waals surface area contributed by atoms with Crippen molar-refractivity contribution < 1.29 is 9.53 Å². The molecule has 1 aromatic heterocycles. The smallest absolute Gasteiger partial charge is 0.221 e. The summed E-state index contributed by atoms with van der Waals surface area (Å²) >= 11 is 5.44. The van der Waals surface area contributed by atoms with Crippen LogP contribution in [0.4, 0.5) is 0 Å². The van der Waals surface area contributed by atoms with E-state index in [0.717, 1.165) is 5.56 Å². The van der Waals surface area contributed by atoms with Gasteiger partial charge in [0.1, 0.15) is 0 Å². The zero-order valence-corrected chi connectivity index (χ0v) is 9.25. The second-order valence-electron chi connectivity index (χ2n) is 2.89. The summed E-state index contributed by atoms with van der Waals surface area (Å²) in [7, 11) is 1.55. The fourth-order valence-corrected chi connectivity index (χ4v) is 1.28. The lowest BCUT2D eigenvalue weighted by molar-refractivity contribution is -0.120. The molecule has 0 saturated carbocycles. The number of methoxy groups -OCH3 is 1. The van der Waals surface area contributed by atoms with Crippen molar-refractivity contribution in [2.24, 2.45) is 0 Å². The van der Waals surface area contributed by atoms with E-state index in [-0.39, 0.29) is 5.91 Å². The third-order valence-corrected chi connectivity index (χ3v) is 2.03. The maximum absolute atomic E-state index is 11.2. The van der Waals surface area contributed by atoms with Crippen molar-refractivity contribution in [3.63, 3.8) is 0 Å². The minimum Gasteiger partial charge on any atom is -0.481 e. The average molecular weight is 229 g/mol. The van der Waals surface area contributed by atoms with Crippen LogP contribution in [0.3, 0.4) is 0 Å². The Balaban J connectivity index is 2.53. The molecule has 0 aliphatic heterocycles. The number of nitrogens with zero attached hydrogens (tertiary/aromatic N) is 1. The van der Waals surface area contributed by atoms with Crippen LogP contribution in [0.2, 0.25) is 0 Å². The monoisotopic (exact) mass is 228 g/mol. The van der Waals surface area contributed by atoms with Crippen molar-refractivity contribution in [2.75, 3.05) is 13.0 Å². The van der Waals surface area contributed by atoms with E-state index in [1.807, 2.05) is 6.07 Å². The standard InChI is InChI=1S/C10H13ClN2O2/c1-15-10-8(3-2-6-12-10)7-13-9(14)4-5-11/h2-3,6H,4-5,7H2,1H3,(H,13,14). The lowest BCUT2D eigenvalue weighted by atomic mass is 10.2. The molecule has 1 heterocycles. The molecule has 0 radical (unpaired) electrons. The van der Waals surface area contributed by atoms with Gasteiger partial charge < -0.3 is 10.1 Å². The molecule has 15 heavy (non-hydrogen) atoms. The minimum absolute atomic E-state index is 0.0732. The Bertz CT molecular complexity index is 331. The second kappa shape index (κ2) is 6.24. The second-order valence-corrected chi connectivity index (χ2v) is 3.27. The Labute approximate surface area is 93.6 Å². The van der Waals surface area contributed by atoms with Crippen LogP contribution in [0.15, 0.2) is 18.3 Å². The molecule has 82 valence electrons. The van der Waals surface area contributed by atoms with Crippen LogP contribution in [0.25, 0.3) is 0 Å². The zero-order chi connectivity index (χ0) is 11.1. The number of carbonyl (C=O) groups excluding carboxylic acids is 1. The van der Waals surface area contributed by atoms with E-state index in [4.69, 9.17) is 16.3 Å². The molecule has 0 fully saturated rings. The Kier molecular flexibility index (Phi) is 4.90. The summed E-state index contributed by atoms with van der Waals surface area (Å²) in [6, 6.07) is 3.65. The van der Waals surface area contributed by atoms with E-state index >= 15 is 0 Å². The normalized spacial score (nSPS) is 9.73. The number of amides is 1. The Morgan fingerprint density at radius 1 is 1.67 bits per heavy atom. The first-order valence-electron chi connectivity index (χ1n) is 4.58. The highest BCUT2D eigenvalue weighted by Gasteiger charge is 2.04. The van der Waals surface area contributed by atoms with Gasteiger partial charge in [0.15, 0.2) is 0 Å². The van der Waals surface area contributed by atoms with Gasteiger partial charge in [-0.25, -0.2) is 4.98 Å². The first-order chi connectivity index (χ1) is 7.27. The molecule has 0 atom stereocenters. The largest absolute Gasteiger partial charge is 0.481 e. The first-order valence-corrected chi connectivity index (χ1v) is 5.12. The molecule has 0 unspecified atom stereocenters. The van der Waals surface area contributed by atoms with Gasteiger partial charge in [-0.1, -0.05) is 6.07 Å². The molecule has 0 aromatic carbocycles. The van der Waals surface area contributed by atoms with Gasteiger partial charge in [-0.3, -0.25) is 4.79 Å². The van der Waals surface area contributed by atoms with Gasteiger partial charge in [0.05, 0.1) is 7.11 Å². The van der Waals surface area contributed by atoms with Gasteiger partial charge in [-0.05, 0) is 6.07 Å². The molecule has 1 amide bonds. The third-order valence-electron chi connectivity index (χ3n) is 1.84. The number of halogens is 1. The fraction of sp³-hybridized carbons (Fsp3) is 0.400. The van der Waals surface area contributed by atoms with Crippen LogP contribution < -0.4 is 10.1 Å². The first kappa shape index (κ1) is 11.8. The molecule has 0 aliphatic rings. The summed E-state index contributed by atoms with van der Waals surface area (Å²) in [4.78, 5) is 15.2. The van der Waals surface area contributed by atoms with Gasteiger partial charge in [0.25, 0.3) is 0 Å². The number of nitrogens with one attached hydrogen (secondary N) is 1. The predicted octanol–water partition coefficient (Wildman–Crippen LogP) is 1.34. The average Bonchev–Trinajstić information content (AvgIpc) is 2.27. The zero-order valence-electron chi connectivity index (χ0n) is 8.50. The van der Waals surface area contributed by atoms with Crippen molar-refractivity contribution in [2.45, 2.75) is 13.0 Å². The van der Waals surface area contributed by atoms with Gasteiger partial charge >= 0.3 is 0 Å². The molecule has 1 aromatic rings. The number of rotatable bonds is 5. The number of aromatic nitrogens is 1. The highest BCUT2D eigenvalue weighted by atomic mass is 35.5. The Morgan fingerprint density at radius 2 is 2.47 bits per heavy atom. The highest BCUT2D eigenvalue weighted by Crippen LogP contribution is 2.12. The number of hydrogen-bond acceptors (Lipinski definition) is 3. The van der Waals surface area contributed by atoms with E-state index < -0.39 is 0 Å². The van der Waals surface area contributed by atoms with Gasteiger partial charge in [-0.15, -0.1) is 11.6 Å². The molecule has 0 spiro atoms. The van der Waals surface area contributed by atoms with E-state index in [1.165, 1.54) is 0 Å². The third kappa shape index (κ3) is 3.75. The summed E-state index contributed by atoms with van der Waals surface area (Å²) in [5.41, 5.74) is 0.850. The highest BCUT2D eigenvalue weighted by molar-refractivity contribution is 6.18. The van der Waals surface area contributed by atoms with Crippen molar-refractivity contribution in [3.8, 4) is 5.88 Å². The Hall–Kier alpha value is -1.29. The Morgan fingerprint density at radius 3 is 3.13 bits per heavy atom. The summed E-state index contributed by atoms with van der Waals surface area (Å²) in [5.74, 6) is 0.787. The van der Waals surface area contributed by atoms with Crippen LogP contribution in [-0.4, -0.2) is 23.9 Å². The summed E-state index contributed by atoms with van der Waals surface area (Å²) < 4.78 is 5.05. The van der Waals surface area contributed by atoms with Crippen LogP contribution in [0.5, 0.6) is 5.88 Å². The van der Waals surface area contributed by atoms with Crippen LogP contribution in [-0.2, 0) is 11.3 Å². The van der Waals surface area contributed by atoms with Crippen molar-refractivity contribution >= 4 is 17.5 Å². The summed E-state index contributed by atoms with van der Waals surface area (Å²) in [6.45, 7) is 0.409. The fourth-order valence-electron chi connectivity index (χ4n) is 1.11. The van der Waals surface area contributed by atoms with E-state index in [1.54, 1.807) is 19.4 Å². The van der Waals surface area contributed by atoms with Gasteiger partial charge in [0, 0.05) is 30.6 Å². The SMILES string of the molecule is COc1ncccc1CNC(=O)CCCl. The van der Waals surface area contributed by atoms with Crippen molar-refractivity contribution in [1.82, 2.24) is 10.3 Å². The van der Waals surface area contributed by atoms with Crippen molar-refractivity contribution in [1.29, 1.82) is 0 Å². The molecule has 4 nitrogen and oxygen atoms in total. The molecule has 1 rings (SSSR count). The maximum atomic E-state index is 11.2. The van der Waals surface area contributed by atoms with Crippen LogP contribution >= 0.6 is 11.6 Å². The molecular weight excluding hydrogens is 216 g/mol. The minimum atomic E-state index is -0.0732. The van der Waals surface area contributed by atoms with Crippen molar-refractivity contribution in [3.05, 3.63) is 23.9 Å². The van der Waals surface area contributed by atoms with Crippen LogP contribution in [0.1, 0.15) is 12.0 Å². The predicted molar refractivity (Wildman–Crippen MR) is 58.0 cm³/mol. The topological polar surface area (TPSA) is 51.2 Å². The molecular formula is C10H13ClN2O2. The van der Waals surface area contributed by atoms with E-state index in [2.05, 4.69) is 10.3 Å². The number of pyridine rings is 1. The number of hydrogen-bond donors (Lipinski definition) is 1. The maximum Gasteiger partial charge on any atom is 0.221 e.